The molecule has 0 saturated heterocycles. The molecule has 2 aromatic rings. The van der Waals surface area contributed by atoms with Gasteiger partial charge in [-0.05, 0) is 55.3 Å². The number of hydrazone groups is 1. The molecule has 1 aliphatic heterocycles. The van der Waals surface area contributed by atoms with Crippen LogP contribution in [0.1, 0.15) is 34.0 Å². The van der Waals surface area contributed by atoms with Gasteiger partial charge in [0.25, 0.3) is 5.91 Å². The number of hydrogen-bond donors (Lipinski definition) is 1. The Morgan fingerprint density at radius 2 is 2.05 bits per heavy atom. The highest BCUT2D eigenvalue weighted by atomic mass is 16.5. The van der Waals surface area contributed by atoms with E-state index in [1.54, 1.807) is 18.3 Å². The number of hydrogen-bond acceptors (Lipinski definition) is 3. The van der Waals surface area contributed by atoms with Crippen molar-refractivity contribution in [2.45, 2.75) is 26.4 Å². The zero-order valence-corrected chi connectivity index (χ0v) is 12.7. The SMILES string of the molecule is Cc1ccc(C(=O)N/N=C/c2ccc3c(c2)C[C@H](C)O3)cc1. The fourth-order valence-electron chi connectivity index (χ4n) is 2.46. The number of rotatable bonds is 3. The van der Waals surface area contributed by atoms with E-state index >= 15 is 0 Å². The molecule has 1 heterocycles. The average molecular weight is 294 g/mol. The van der Waals surface area contributed by atoms with E-state index in [0.717, 1.165) is 23.3 Å². The van der Waals surface area contributed by atoms with Crippen molar-refractivity contribution >= 4 is 12.1 Å². The molecule has 1 atom stereocenters. The molecule has 0 aromatic heterocycles. The summed E-state index contributed by atoms with van der Waals surface area (Å²) in [5, 5.41) is 4.02. The minimum absolute atomic E-state index is 0.214. The number of fused-ring (bicyclic) bond motifs is 1. The summed E-state index contributed by atoms with van der Waals surface area (Å²) >= 11 is 0. The van der Waals surface area contributed by atoms with E-state index < -0.39 is 0 Å². The summed E-state index contributed by atoms with van der Waals surface area (Å²) in [4.78, 5) is 11.9. The van der Waals surface area contributed by atoms with Gasteiger partial charge in [0, 0.05) is 12.0 Å². The molecule has 0 saturated carbocycles. The van der Waals surface area contributed by atoms with Crippen molar-refractivity contribution in [1.29, 1.82) is 0 Å². The Bertz CT molecular complexity index is 720. The molecular formula is C18H18N2O2. The van der Waals surface area contributed by atoms with Gasteiger partial charge in [-0.1, -0.05) is 17.7 Å². The summed E-state index contributed by atoms with van der Waals surface area (Å²) in [6, 6.07) is 13.3. The lowest BCUT2D eigenvalue weighted by atomic mass is 10.1. The highest BCUT2D eigenvalue weighted by Crippen LogP contribution is 2.28. The van der Waals surface area contributed by atoms with Crippen LogP contribution >= 0.6 is 0 Å². The Morgan fingerprint density at radius 1 is 1.27 bits per heavy atom. The summed E-state index contributed by atoms with van der Waals surface area (Å²) < 4.78 is 5.66. The van der Waals surface area contributed by atoms with Crippen molar-refractivity contribution in [2.75, 3.05) is 0 Å². The van der Waals surface area contributed by atoms with E-state index in [-0.39, 0.29) is 12.0 Å². The molecule has 1 N–H and O–H groups in total. The van der Waals surface area contributed by atoms with Crippen molar-refractivity contribution in [3.8, 4) is 5.75 Å². The first kappa shape index (κ1) is 14.3. The Morgan fingerprint density at radius 3 is 2.82 bits per heavy atom. The van der Waals surface area contributed by atoms with Gasteiger partial charge >= 0.3 is 0 Å². The monoisotopic (exact) mass is 294 g/mol. The highest BCUT2D eigenvalue weighted by Gasteiger charge is 2.18. The minimum Gasteiger partial charge on any atom is -0.490 e. The lowest BCUT2D eigenvalue weighted by Crippen LogP contribution is -2.17. The smallest absolute Gasteiger partial charge is 0.271 e. The maximum atomic E-state index is 11.9. The first-order valence-electron chi connectivity index (χ1n) is 7.31. The fraction of sp³-hybridized carbons (Fsp3) is 0.222. The fourth-order valence-corrected chi connectivity index (χ4v) is 2.46. The first-order chi connectivity index (χ1) is 10.6. The van der Waals surface area contributed by atoms with Crippen LogP contribution in [0.25, 0.3) is 0 Å². The van der Waals surface area contributed by atoms with Gasteiger partial charge in [-0.15, -0.1) is 0 Å². The number of ether oxygens (including phenoxy) is 1. The van der Waals surface area contributed by atoms with Crippen LogP contribution in [0, 0.1) is 6.92 Å². The lowest BCUT2D eigenvalue weighted by Gasteiger charge is -2.02. The van der Waals surface area contributed by atoms with Gasteiger partial charge in [0.05, 0.1) is 6.21 Å². The Labute approximate surface area is 129 Å². The predicted molar refractivity (Wildman–Crippen MR) is 86.5 cm³/mol. The van der Waals surface area contributed by atoms with Crippen molar-refractivity contribution in [2.24, 2.45) is 5.10 Å². The van der Waals surface area contributed by atoms with Crippen LogP contribution in [0.3, 0.4) is 0 Å². The third-order valence-corrected chi connectivity index (χ3v) is 3.61. The maximum Gasteiger partial charge on any atom is 0.271 e. The molecule has 0 fully saturated rings. The second-order valence-corrected chi connectivity index (χ2v) is 5.56. The summed E-state index contributed by atoms with van der Waals surface area (Å²) in [5.41, 5.74) is 6.39. The molecule has 22 heavy (non-hydrogen) atoms. The predicted octanol–water partition coefficient (Wildman–Crippen LogP) is 3.08. The Kier molecular flexibility index (Phi) is 3.92. The third kappa shape index (κ3) is 3.17. The highest BCUT2D eigenvalue weighted by molar-refractivity contribution is 5.94. The number of carbonyl (C=O) groups excluding carboxylic acids is 1. The van der Waals surface area contributed by atoms with Gasteiger partial charge in [-0.25, -0.2) is 5.43 Å². The molecule has 0 radical (unpaired) electrons. The van der Waals surface area contributed by atoms with Crippen LogP contribution in [0.4, 0.5) is 0 Å². The molecule has 0 unspecified atom stereocenters. The maximum absolute atomic E-state index is 11.9. The topological polar surface area (TPSA) is 50.7 Å². The number of nitrogens with zero attached hydrogens (tertiary/aromatic N) is 1. The van der Waals surface area contributed by atoms with Gasteiger partial charge < -0.3 is 4.74 Å². The lowest BCUT2D eigenvalue weighted by molar-refractivity contribution is 0.0955. The zero-order chi connectivity index (χ0) is 15.5. The molecule has 4 heteroatoms. The van der Waals surface area contributed by atoms with Gasteiger partial charge in [0.15, 0.2) is 0 Å². The molecule has 0 spiro atoms. The van der Waals surface area contributed by atoms with E-state index in [2.05, 4.69) is 17.5 Å². The second-order valence-electron chi connectivity index (χ2n) is 5.56. The molecule has 1 aliphatic rings. The molecular weight excluding hydrogens is 276 g/mol. The normalized spacial score (nSPS) is 16.4. The van der Waals surface area contributed by atoms with Crippen LogP contribution in [0.2, 0.25) is 0 Å². The molecule has 0 bridgehead atoms. The Balaban J connectivity index is 1.64. The van der Waals surface area contributed by atoms with Gasteiger partial charge in [0.1, 0.15) is 11.9 Å². The number of aryl methyl sites for hydroxylation is 1. The molecule has 0 aliphatic carbocycles. The van der Waals surface area contributed by atoms with Crippen LogP contribution in [-0.2, 0) is 6.42 Å². The van der Waals surface area contributed by atoms with Gasteiger partial charge in [-0.2, -0.15) is 5.10 Å². The number of benzene rings is 2. The van der Waals surface area contributed by atoms with Crippen molar-refractivity contribution < 1.29 is 9.53 Å². The summed E-state index contributed by atoms with van der Waals surface area (Å²) in [5.74, 6) is 0.725. The average Bonchev–Trinajstić information content (AvgIpc) is 2.87. The van der Waals surface area contributed by atoms with Crippen LogP contribution in [0.15, 0.2) is 47.6 Å². The van der Waals surface area contributed by atoms with E-state index in [1.165, 1.54) is 5.56 Å². The van der Waals surface area contributed by atoms with Crippen LogP contribution in [0.5, 0.6) is 5.75 Å². The van der Waals surface area contributed by atoms with Crippen molar-refractivity contribution in [3.63, 3.8) is 0 Å². The van der Waals surface area contributed by atoms with Crippen molar-refractivity contribution in [3.05, 3.63) is 64.7 Å². The number of nitrogens with one attached hydrogen (secondary N) is 1. The van der Waals surface area contributed by atoms with Crippen LogP contribution < -0.4 is 10.2 Å². The van der Waals surface area contributed by atoms with E-state index in [4.69, 9.17) is 4.74 Å². The molecule has 3 rings (SSSR count). The molecule has 1 amide bonds. The largest absolute Gasteiger partial charge is 0.490 e. The van der Waals surface area contributed by atoms with Gasteiger partial charge in [-0.3, -0.25) is 4.79 Å². The minimum atomic E-state index is -0.214. The zero-order valence-electron chi connectivity index (χ0n) is 12.7. The number of amides is 1. The summed E-state index contributed by atoms with van der Waals surface area (Å²) in [6.07, 6.45) is 2.78. The van der Waals surface area contributed by atoms with Gasteiger partial charge in [0.2, 0.25) is 0 Å². The molecule has 112 valence electrons. The molecule has 4 nitrogen and oxygen atoms in total. The van der Waals surface area contributed by atoms with E-state index in [1.807, 2.05) is 37.3 Å². The van der Waals surface area contributed by atoms with Crippen molar-refractivity contribution in [1.82, 2.24) is 5.43 Å². The van der Waals surface area contributed by atoms with Crippen LogP contribution in [-0.4, -0.2) is 18.2 Å². The third-order valence-electron chi connectivity index (χ3n) is 3.61. The second kappa shape index (κ2) is 6.02. The number of carbonyl (C=O) groups is 1. The standard InChI is InChI=1S/C18H18N2O2/c1-12-3-6-15(7-4-12)18(21)20-19-11-14-5-8-17-16(10-14)9-13(2)22-17/h3-8,10-11,13H,9H2,1-2H3,(H,20,21)/b19-11+/t13-/m0/s1. The quantitative estimate of drug-likeness (QED) is 0.698. The Hall–Kier alpha value is -2.62. The van der Waals surface area contributed by atoms with E-state index in [0.29, 0.717) is 5.56 Å². The summed E-state index contributed by atoms with van der Waals surface area (Å²) in [7, 11) is 0. The van der Waals surface area contributed by atoms with E-state index in [9.17, 15) is 4.79 Å². The summed E-state index contributed by atoms with van der Waals surface area (Å²) in [6.45, 7) is 4.04. The first-order valence-corrected chi connectivity index (χ1v) is 7.31. The molecule has 2 aromatic carbocycles.